The quantitative estimate of drug-likeness (QED) is 0.0213. The average molecular weight is 1170 g/mol. The maximum Gasteiger partial charge on any atom is 0.317 e. The second-order valence-electron chi connectivity index (χ2n) is 19.5. The number of rotatable bonds is 22. The lowest BCUT2D eigenvalue weighted by Crippen LogP contribution is -2.46. The van der Waals surface area contributed by atoms with Gasteiger partial charge in [-0.3, -0.25) is 57.6 Å². The number of likely N-dealkylation sites (N-methyl/N-ethyl adjacent to an activating group) is 2. The van der Waals surface area contributed by atoms with Crippen LogP contribution >= 0.6 is 0 Å². The van der Waals surface area contributed by atoms with E-state index in [9.17, 15) is 57.1 Å². The molecule has 84 heavy (non-hydrogen) atoms. The van der Waals surface area contributed by atoms with Gasteiger partial charge in [0.1, 0.15) is 31.8 Å². The molecule has 4 heterocycles. The van der Waals surface area contributed by atoms with Gasteiger partial charge in [0.2, 0.25) is 42.4 Å². The molecule has 1 fully saturated rings. The summed E-state index contributed by atoms with van der Waals surface area (Å²) in [4.78, 5) is 131. The molecule has 454 valence electrons. The van der Waals surface area contributed by atoms with Crippen molar-refractivity contribution < 1.29 is 66.9 Å². The van der Waals surface area contributed by atoms with Crippen LogP contribution in [-0.4, -0.2) is 145 Å². The first kappa shape index (κ1) is 67.8. The molecule has 2 aromatic heterocycles. The molecule has 8 amide bonds. The van der Waals surface area contributed by atoms with Gasteiger partial charge in [-0.2, -0.15) is 0 Å². The molecule has 4 aliphatic rings. The van der Waals surface area contributed by atoms with Crippen LogP contribution in [0.15, 0.2) is 59.4 Å². The summed E-state index contributed by atoms with van der Waals surface area (Å²) in [7, 11) is 3.14. The van der Waals surface area contributed by atoms with Crippen LogP contribution in [0, 0.1) is 18.7 Å². The Balaban J connectivity index is 0.000000262. The number of imide groups is 1. The maximum atomic E-state index is 14.6. The molecule has 0 saturated heterocycles. The Morgan fingerprint density at radius 2 is 1.56 bits per heavy atom. The lowest BCUT2D eigenvalue weighted by atomic mass is 9.84. The lowest BCUT2D eigenvalue weighted by Gasteiger charge is -2.24. The number of halogens is 1. The van der Waals surface area contributed by atoms with E-state index < -0.39 is 42.3 Å². The molecule has 0 spiro atoms. The van der Waals surface area contributed by atoms with Crippen molar-refractivity contribution in [1.29, 1.82) is 0 Å². The smallest absolute Gasteiger partial charge is 0.317 e. The van der Waals surface area contributed by atoms with Crippen molar-refractivity contribution in [3.63, 3.8) is 0 Å². The number of carboxylic acid groups (broad SMARTS) is 1. The third-order valence-electron chi connectivity index (χ3n) is 13.6. The standard InChI is InChI=1S/C24H21FN2O3.C20H26N4O5.C10H17N3O4.C3H7NO2.C2H6/c1-3-12-15-7-20-22-16(9-27(20)23(28)17(15)10-30-24(12)29)14-6-4-5-13-11(2)18(25)8-19(26-22)21(13)14;1-3-7-20(29)24(14-25)13-19(28)22-11-17(26)21-12-18(27)23-15(2)10-16-8-5-4-6-9-16;1-11-10(16)9(7-2-3-7)17-6-13-8(15)4-12-5-14;1-4-2-3(5)6;1-2/h7-8,12H,3-6,9-10H2,1-2H3;3-9,14-15H,10-13H2,1-2H3,(H,21,26)(H,22,28)(H,23,27);5,7,9H,2-4,6H2,1H3,(H,11,16)(H,12,14)(H,13,15);4H,2H2,1H3,(H,5,6);1-2H3/b;7-3-;;;/t12-;15-;;;/m11.../s1. The summed E-state index contributed by atoms with van der Waals surface area (Å²) in [5.41, 5.74) is 8.45. The summed E-state index contributed by atoms with van der Waals surface area (Å²) < 4.78 is 26.9. The van der Waals surface area contributed by atoms with Crippen molar-refractivity contribution in [3.8, 4) is 11.4 Å². The molecule has 0 radical (unpaired) electrons. The van der Waals surface area contributed by atoms with E-state index in [0.29, 0.717) is 47.3 Å². The van der Waals surface area contributed by atoms with E-state index in [4.69, 9.17) is 19.6 Å². The highest BCUT2D eigenvalue weighted by molar-refractivity contribution is 5.98. The van der Waals surface area contributed by atoms with Crippen molar-refractivity contribution in [2.24, 2.45) is 5.92 Å². The molecule has 2 aliphatic heterocycles. The molecule has 8 rings (SSSR count). The first-order chi connectivity index (χ1) is 40.3. The van der Waals surface area contributed by atoms with Gasteiger partial charge in [-0.25, -0.2) is 9.37 Å². The van der Waals surface area contributed by atoms with Crippen LogP contribution in [0.1, 0.15) is 105 Å². The highest BCUT2D eigenvalue weighted by atomic mass is 19.1. The number of aromatic nitrogens is 2. The van der Waals surface area contributed by atoms with Crippen LogP contribution in [0.25, 0.3) is 22.3 Å². The van der Waals surface area contributed by atoms with Crippen LogP contribution < -0.4 is 42.8 Å². The van der Waals surface area contributed by atoms with Gasteiger partial charge in [-0.05, 0) is 119 Å². The number of benzene rings is 2. The van der Waals surface area contributed by atoms with Gasteiger partial charge in [-0.1, -0.05) is 57.2 Å². The first-order valence-corrected chi connectivity index (χ1v) is 27.8. The summed E-state index contributed by atoms with van der Waals surface area (Å²) in [5, 5.41) is 26.0. The second kappa shape index (κ2) is 34.0. The summed E-state index contributed by atoms with van der Waals surface area (Å²) in [6.45, 7) is 10.5. The topological polar surface area (TPSA) is 332 Å². The fourth-order valence-electron chi connectivity index (χ4n) is 9.45. The average Bonchev–Trinajstić information content (AvgIpc) is 1.80. The summed E-state index contributed by atoms with van der Waals surface area (Å²) in [5.74, 6) is -4.27. The first-order valence-electron chi connectivity index (χ1n) is 27.8. The van der Waals surface area contributed by atoms with Crippen LogP contribution in [0.2, 0.25) is 0 Å². The fraction of sp³-hybridized carbons (Fsp3) is 0.458. The van der Waals surface area contributed by atoms with Gasteiger partial charge in [0.15, 0.2) is 0 Å². The maximum absolute atomic E-state index is 14.6. The van der Waals surface area contributed by atoms with E-state index in [1.165, 1.54) is 17.7 Å². The molecule has 25 heteroatoms. The molecule has 1 unspecified atom stereocenters. The molecule has 2 aromatic carbocycles. The second-order valence-corrected chi connectivity index (χ2v) is 19.5. The number of carbonyl (C=O) groups is 10. The van der Waals surface area contributed by atoms with Crippen LogP contribution in [0.5, 0.6) is 0 Å². The SMILES string of the molecule is C/C=C\C(=O)N(C=O)CC(=O)NCC(=O)NCC(=O)N[C@H](C)Cc1ccccc1.CC.CC[C@H]1C(=O)OCc2c1cc1n(c2=O)Cc2c-1nc1cc(F)c(C)c3c1c2CCC3.CNC(=O)C(OCNC(=O)CNC=O)C1CC1.CNCC(=O)O. The number of aryl methyl sites for hydroxylation is 2. The monoisotopic (exact) mass is 1170 g/mol. The van der Waals surface area contributed by atoms with Crippen LogP contribution in [0.4, 0.5) is 4.39 Å². The molecular formula is C59H77FN10O14. The van der Waals surface area contributed by atoms with Gasteiger partial charge >= 0.3 is 11.9 Å². The highest BCUT2D eigenvalue weighted by Gasteiger charge is 2.37. The number of esters is 1. The summed E-state index contributed by atoms with van der Waals surface area (Å²) in [6, 6.07) is 13.0. The molecular weight excluding hydrogens is 1090 g/mol. The number of pyridine rings is 2. The highest BCUT2D eigenvalue weighted by Crippen LogP contribution is 2.42. The minimum Gasteiger partial charge on any atom is -0.480 e. The van der Waals surface area contributed by atoms with Crippen molar-refractivity contribution in [2.45, 2.75) is 118 Å². The van der Waals surface area contributed by atoms with Crippen molar-refractivity contribution in [3.05, 3.63) is 110 Å². The van der Waals surface area contributed by atoms with Gasteiger partial charge in [-0.15, -0.1) is 0 Å². The Labute approximate surface area is 486 Å². The van der Waals surface area contributed by atoms with Gasteiger partial charge in [0, 0.05) is 30.1 Å². The molecule has 2 aliphatic carbocycles. The van der Waals surface area contributed by atoms with E-state index in [-0.39, 0.29) is 93.0 Å². The molecule has 1 saturated carbocycles. The van der Waals surface area contributed by atoms with E-state index in [1.54, 1.807) is 25.6 Å². The Morgan fingerprint density at radius 3 is 2.17 bits per heavy atom. The zero-order valence-electron chi connectivity index (χ0n) is 48.7. The molecule has 24 nitrogen and oxygen atoms in total. The number of cyclic esters (lactones) is 1. The van der Waals surface area contributed by atoms with E-state index in [0.717, 1.165) is 77.2 Å². The Kier molecular flexibility index (Phi) is 27.5. The van der Waals surface area contributed by atoms with Crippen LogP contribution in [0.3, 0.4) is 0 Å². The number of hydrogen-bond acceptors (Lipinski definition) is 15. The number of nitrogens with one attached hydrogen (secondary N) is 7. The lowest BCUT2D eigenvalue weighted by molar-refractivity contribution is -0.148. The number of allylic oxidation sites excluding steroid dienone is 1. The number of nitrogens with zero attached hydrogens (tertiary/aromatic N) is 3. The summed E-state index contributed by atoms with van der Waals surface area (Å²) in [6.07, 6.45) is 8.67. The number of fused-ring (bicyclic) bond motifs is 5. The molecule has 4 aromatic rings. The third kappa shape index (κ3) is 19.2. The minimum atomic E-state index is -0.822. The number of ether oxygens (including phenoxy) is 2. The van der Waals surface area contributed by atoms with Crippen molar-refractivity contribution >= 4 is 71.1 Å². The number of aliphatic carboxylic acids is 1. The normalized spacial score (nSPS) is 14.5. The summed E-state index contributed by atoms with van der Waals surface area (Å²) >= 11 is 0. The number of hydrogen-bond donors (Lipinski definition) is 8. The van der Waals surface area contributed by atoms with Gasteiger partial charge in [0.25, 0.3) is 11.5 Å². The Bertz CT molecular complexity index is 3110. The Morgan fingerprint density at radius 1 is 0.893 bits per heavy atom. The van der Waals surface area contributed by atoms with E-state index in [1.807, 2.05) is 71.0 Å². The molecule has 8 N–H and O–H groups in total. The largest absolute Gasteiger partial charge is 0.480 e. The zero-order valence-corrected chi connectivity index (χ0v) is 48.7. The predicted molar refractivity (Wildman–Crippen MR) is 308 cm³/mol. The fourth-order valence-corrected chi connectivity index (χ4v) is 9.45. The van der Waals surface area contributed by atoms with Crippen LogP contribution in [-0.2, 0) is 89.8 Å². The molecule has 3 atom stereocenters. The van der Waals surface area contributed by atoms with Gasteiger partial charge < -0.3 is 56.4 Å². The zero-order chi connectivity index (χ0) is 62.0. The van der Waals surface area contributed by atoms with Crippen molar-refractivity contribution in [1.82, 2.24) is 51.7 Å². The number of carboxylic acids is 1. The van der Waals surface area contributed by atoms with Crippen molar-refractivity contribution in [2.75, 3.05) is 53.5 Å². The van der Waals surface area contributed by atoms with E-state index >= 15 is 0 Å². The minimum absolute atomic E-state index is 0.0247. The number of amides is 8. The third-order valence-corrected chi connectivity index (χ3v) is 13.6. The Hall–Kier alpha value is -8.71. The molecule has 0 bridgehead atoms. The number of carbonyl (C=O) groups excluding carboxylic acids is 9. The van der Waals surface area contributed by atoms with Gasteiger partial charge in [0.05, 0.1) is 61.1 Å². The predicted octanol–water partition coefficient (Wildman–Crippen LogP) is 2.10. The van der Waals surface area contributed by atoms with E-state index in [2.05, 4.69) is 37.2 Å².